The van der Waals surface area contributed by atoms with Gasteiger partial charge in [0.2, 0.25) is 0 Å². The van der Waals surface area contributed by atoms with Gasteiger partial charge in [0.25, 0.3) is 0 Å². The Bertz CT molecular complexity index is 350. The first kappa shape index (κ1) is 12.0. The summed E-state index contributed by atoms with van der Waals surface area (Å²) in [7, 11) is 3.22. The average Bonchev–Trinajstić information content (AvgIpc) is 2.25. The summed E-state index contributed by atoms with van der Waals surface area (Å²) >= 11 is 3.40. The summed E-state index contributed by atoms with van der Waals surface area (Å²) in [6.45, 7) is 0. The van der Waals surface area contributed by atoms with Crippen LogP contribution in [-0.2, 0) is 11.2 Å². The molecule has 0 aromatic heterocycles. The number of rotatable bonds is 5. The van der Waals surface area contributed by atoms with Gasteiger partial charge in [-0.1, -0.05) is 0 Å². The fraction of sp³-hybridized carbons (Fsp3) is 0.364. The lowest BCUT2D eigenvalue weighted by molar-refractivity contribution is -0.107. The molecule has 0 aliphatic rings. The van der Waals surface area contributed by atoms with Crippen molar-refractivity contribution < 1.29 is 14.3 Å². The summed E-state index contributed by atoms with van der Waals surface area (Å²) < 4.78 is 11.2. The first-order chi connectivity index (χ1) is 7.22. The first-order valence-electron chi connectivity index (χ1n) is 4.57. The van der Waals surface area contributed by atoms with E-state index in [-0.39, 0.29) is 0 Å². The van der Waals surface area contributed by atoms with Gasteiger partial charge in [0.15, 0.2) is 0 Å². The predicted molar refractivity (Wildman–Crippen MR) is 61.6 cm³/mol. The standard InChI is InChI=1S/C11H13BrO3/c1-14-9-6-8(4-3-5-13)11(15-2)10(12)7-9/h5-7H,3-4H2,1-2H3. The van der Waals surface area contributed by atoms with Crippen LogP contribution < -0.4 is 9.47 Å². The lowest BCUT2D eigenvalue weighted by atomic mass is 10.1. The highest BCUT2D eigenvalue weighted by molar-refractivity contribution is 9.10. The van der Waals surface area contributed by atoms with Crippen LogP contribution in [0.2, 0.25) is 0 Å². The monoisotopic (exact) mass is 272 g/mol. The van der Waals surface area contributed by atoms with Crippen LogP contribution in [0.25, 0.3) is 0 Å². The van der Waals surface area contributed by atoms with Crippen LogP contribution >= 0.6 is 15.9 Å². The van der Waals surface area contributed by atoms with E-state index in [1.807, 2.05) is 12.1 Å². The largest absolute Gasteiger partial charge is 0.497 e. The molecule has 0 atom stereocenters. The van der Waals surface area contributed by atoms with Crippen LogP contribution in [0.3, 0.4) is 0 Å². The minimum Gasteiger partial charge on any atom is -0.497 e. The van der Waals surface area contributed by atoms with E-state index in [0.717, 1.165) is 27.8 Å². The molecule has 0 saturated heterocycles. The lowest BCUT2D eigenvalue weighted by Gasteiger charge is -2.11. The number of aryl methyl sites for hydroxylation is 1. The van der Waals surface area contributed by atoms with Crippen LogP contribution in [0.5, 0.6) is 11.5 Å². The van der Waals surface area contributed by atoms with Gasteiger partial charge in [-0.05, 0) is 40.0 Å². The summed E-state index contributed by atoms with van der Waals surface area (Å²) in [5, 5.41) is 0. The molecule has 0 unspecified atom stereocenters. The van der Waals surface area contributed by atoms with Gasteiger partial charge in [-0.3, -0.25) is 0 Å². The van der Waals surface area contributed by atoms with Crippen LogP contribution in [0.4, 0.5) is 0 Å². The molecule has 1 rings (SSSR count). The van der Waals surface area contributed by atoms with Gasteiger partial charge in [0.05, 0.1) is 18.7 Å². The van der Waals surface area contributed by atoms with E-state index >= 15 is 0 Å². The average molecular weight is 273 g/mol. The zero-order chi connectivity index (χ0) is 11.3. The Morgan fingerprint density at radius 1 is 1.33 bits per heavy atom. The second-order valence-corrected chi connectivity index (χ2v) is 3.86. The zero-order valence-corrected chi connectivity index (χ0v) is 10.3. The molecule has 0 radical (unpaired) electrons. The Kier molecular flexibility index (Phi) is 4.62. The number of hydrogen-bond acceptors (Lipinski definition) is 3. The lowest BCUT2D eigenvalue weighted by Crippen LogP contribution is -1.96. The van der Waals surface area contributed by atoms with E-state index in [2.05, 4.69) is 15.9 Å². The third-order valence-corrected chi connectivity index (χ3v) is 2.65. The van der Waals surface area contributed by atoms with Crippen LogP contribution in [0.15, 0.2) is 16.6 Å². The molecule has 15 heavy (non-hydrogen) atoms. The quantitative estimate of drug-likeness (QED) is 0.773. The van der Waals surface area contributed by atoms with E-state index in [9.17, 15) is 4.79 Å². The molecule has 0 saturated carbocycles. The molecule has 0 aliphatic heterocycles. The number of methoxy groups -OCH3 is 2. The van der Waals surface area contributed by atoms with Gasteiger partial charge >= 0.3 is 0 Å². The Labute approximate surface area is 97.5 Å². The third-order valence-electron chi connectivity index (χ3n) is 2.07. The zero-order valence-electron chi connectivity index (χ0n) is 8.75. The molecule has 3 nitrogen and oxygen atoms in total. The van der Waals surface area contributed by atoms with Crippen molar-refractivity contribution in [3.63, 3.8) is 0 Å². The van der Waals surface area contributed by atoms with Gasteiger partial charge in [-0.25, -0.2) is 0 Å². The third kappa shape index (κ3) is 2.96. The maximum absolute atomic E-state index is 10.3. The fourth-order valence-electron chi connectivity index (χ4n) is 1.37. The Morgan fingerprint density at radius 2 is 2.07 bits per heavy atom. The van der Waals surface area contributed by atoms with Gasteiger partial charge in [-0.15, -0.1) is 0 Å². The van der Waals surface area contributed by atoms with E-state index in [1.165, 1.54) is 0 Å². The van der Waals surface area contributed by atoms with Crippen LogP contribution in [0.1, 0.15) is 12.0 Å². The Balaban J connectivity index is 3.07. The van der Waals surface area contributed by atoms with E-state index in [0.29, 0.717) is 12.8 Å². The van der Waals surface area contributed by atoms with Crippen molar-refractivity contribution in [2.24, 2.45) is 0 Å². The Morgan fingerprint density at radius 3 is 2.60 bits per heavy atom. The minimum atomic E-state index is 0.482. The number of hydrogen-bond donors (Lipinski definition) is 0. The van der Waals surface area contributed by atoms with Crippen molar-refractivity contribution in [2.75, 3.05) is 14.2 Å². The van der Waals surface area contributed by atoms with Crippen LogP contribution in [0, 0.1) is 0 Å². The highest BCUT2D eigenvalue weighted by Gasteiger charge is 2.09. The summed E-state index contributed by atoms with van der Waals surface area (Å²) in [5.74, 6) is 1.52. The van der Waals surface area contributed by atoms with E-state index in [1.54, 1.807) is 14.2 Å². The summed E-state index contributed by atoms with van der Waals surface area (Å²) in [6, 6.07) is 3.72. The summed E-state index contributed by atoms with van der Waals surface area (Å²) in [4.78, 5) is 10.3. The molecule has 0 aliphatic carbocycles. The second kappa shape index (κ2) is 5.75. The molecule has 0 N–H and O–H groups in total. The maximum atomic E-state index is 10.3. The number of benzene rings is 1. The SMILES string of the molecule is COc1cc(Br)c(OC)c(CCC=O)c1. The summed E-state index contributed by atoms with van der Waals surface area (Å²) in [6.07, 6.45) is 2.03. The smallest absolute Gasteiger partial charge is 0.136 e. The van der Waals surface area contributed by atoms with Gasteiger partial charge in [0, 0.05) is 6.42 Å². The molecule has 1 aromatic rings. The number of carbonyl (C=O) groups excluding carboxylic acids is 1. The van der Waals surface area contributed by atoms with Gasteiger partial charge in [-0.2, -0.15) is 0 Å². The van der Waals surface area contributed by atoms with E-state index in [4.69, 9.17) is 9.47 Å². The van der Waals surface area contributed by atoms with E-state index < -0.39 is 0 Å². The van der Waals surface area contributed by atoms with Gasteiger partial charge in [0.1, 0.15) is 17.8 Å². The highest BCUT2D eigenvalue weighted by Crippen LogP contribution is 2.34. The van der Waals surface area contributed by atoms with Crippen molar-refractivity contribution in [1.82, 2.24) is 0 Å². The Hall–Kier alpha value is -1.03. The molecular formula is C11H13BrO3. The number of aldehydes is 1. The molecule has 0 fully saturated rings. The first-order valence-corrected chi connectivity index (χ1v) is 5.36. The molecule has 0 spiro atoms. The van der Waals surface area contributed by atoms with Gasteiger partial charge < -0.3 is 14.3 Å². The second-order valence-electron chi connectivity index (χ2n) is 3.01. The van der Waals surface area contributed by atoms with Crippen molar-refractivity contribution in [1.29, 1.82) is 0 Å². The topological polar surface area (TPSA) is 35.5 Å². The summed E-state index contributed by atoms with van der Waals surface area (Å²) in [5.41, 5.74) is 0.968. The molecule has 1 aromatic carbocycles. The molecule has 0 heterocycles. The van der Waals surface area contributed by atoms with Crippen molar-refractivity contribution in [3.05, 3.63) is 22.2 Å². The molecular weight excluding hydrogens is 260 g/mol. The fourth-order valence-corrected chi connectivity index (χ4v) is 2.01. The normalized spacial score (nSPS) is 9.80. The highest BCUT2D eigenvalue weighted by atomic mass is 79.9. The molecule has 0 bridgehead atoms. The number of carbonyl (C=O) groups is 1. The van der Waals surface area contributed by atoms with Crippen molar-refractivity contribution in [2.45, 2.75) is 12.8 Å². The maximum Gasteiger partial charge on any atom is 0.136 e. The predicted octanol–water partition coefficient (Wildman–Crippen LogP) is 2.60. The van der Waals surface area contributed by atoms with Crippen molar-refractivity contribution in [3.8, 4) is 11.5 Å². The molecule has 4 heteroatoms. The number of halogens is 1. The molecule has 82 valence electrons. The minimum absolute atomic E-state index is 0.482. The van der Waals surface area contributed by atoms with Crippen molar-refractivity contribution >= 4 is 22.2 Å². The molecule has 0 amide bonds. The number of ether oxygens (including phenoxy) is 2. The van der Waals surface area contributed by atoms with Crippen LogP contribution in [-0.4, -0.2) is 20.5 Å².